The van der Waals surface area contributed by atoms with Gasteiger partial charge in [-0.05, 0) is 55.8 Å². The zero-order valence-electron chi connectivity index (χ0n) is 16.9. The van der Waals surface area contributed by atoms with Gasteiger partial charge in [0, 0.05) is 34.3 Å². The van der Waals surface area contributed by atoms with Crippen molar-refractivity contribution in [2.24, 2.45) is 0 Å². The molecule has 0 atom stereocenters. The zero-order valence-corrected chi connectivity index (χ0v) is 18.4. The highest BCUT2D eigenvalue weighted by Gasteiger charge is 2.10. The largest absolute Gasteiger partial charge is 0.488 e. The van der Waals surface area contributed by atoms with Crippen LogP contribution in [-0.4, -0.2) is 19.3 Å². The predicted molar refractivity (Wildman–Crippen MR) is 122 cm³/mol. The monoisotopic (exact) mass is 431 g/mol. The molecule has 0 aliphatic carbocycles. The van der Waals surface area contributed by atoms with Crippen molar-refractivity contribution in [2.45, 2.75) is 39.5 Å². The Bertz CT molecular complexity index is 943. The van der Waals surface area contributed by atoms with Gasteiger partial charge in [0.2, 0.25) is 0 Å². The lowest BCUT2D eigenvalue weighted by Gasteiger charge is -2.16. The van der Waals surface area contributed by atoms with Gasteiger partial charge in [0.15, 0.2) is 0 Å². The minimum absolute atomic E-state index is 0.271. The quantitative estimate of drug-likeness (QED) is 0.365. The third kappa shape index (κ3) is 6.35. The maximum atomic E-state index is 6.30. The van der Waals surface area contributed by atoms with Crippen LogP contribution in [-0.2, 0) is 17.9 Å². The first-order valence-electron chi connectivity index (χ1n) is 9.94. The molecule has 0 saturated carbocycles. The van der Waals surface area contributed by atoms with Gasteiger partial charge in [-0.3, -0.25) is 0 Å². The number of fused-ring (bicyclic) bond motifs is 1. The van der Waals surface area contributed by atoms with E-state index in [0.29, 0.717) is 16.7 Å². The van der Waals surface area contributed by atoms with E-state index >= 15 is 0 Å². The highest BCUT2D eigenvalue weighted by molar-refractivity contribution is 6.35. The fourth-order valence-corrected chi connectivity index (χ4v) is 3.62. The molecule has 1 N–H and O–H groups in total. The van der Waals surface area contributed by atoms with Crippen LogP contribution in [0.2, 0.25) is 10.0 Å². The van der Waals surface area contributed by atoms with E-state index in [4.69, 9.17) is 32.7 Å². The summed E-state index contributed by atoms with van der Waals surface area (Å²) in [6.07, 6.45) is 1.24. The van der Waals surface area contributed by atoms with Crippen LogP contribution >= 0.6 is 23.2 Å². The molecule has 3 aromatic carbocycles. The lowest BCUT2D eigenvalue weighted by atomic mass is 10.0. The molecule has 0 unspecified atom stereocenters. The van der Waals surface area contributed by atoms with Crippen molar-refractivity contribution in [3.8, 4) is 5.75 Å². The molecule has 0 heterocycles. The lowest BCUT2D eigenvalue weighted by molar-refractivity contribution is 0.0770. The van der Waals surface area contributed by atoms with Crippen LogP contribution in [0, 0.1) is 0 Å². The van der Waals surface area contributed by atoms with Crippen LogP contribution < -0.4 is 10.1 Å². The smallest absolute Gasteiger partial charge is 0.124 e. The summed E-state index contributed by atoms with van der Waals surface area (Å²) in [5.41, 5.74) is 2.06. The molecule has 0 radical (unpaired) electrons. The maximum absolute atomic E-state index is 6.30. The van der Waals surface area contributed by atoms with Crippen molar-refractivity contribution in [3.63, 3.8) is 0 Å². The first-order chi connectivity index (χ1) is 14.0. The summed E-state index contributed by atoms with van der Waals surface area (Å²) in [7, 11) is 0. The topological polar surface area (TPSA) is 30.5 Å². The van der Waals surface area contributed by atoms with Gasteiger partial charge in [0.1, 0.15) is 12.4 Å². The third-order valence-corrected chi connectivity index (χ3v) is 5.23. The van der Waals surface area contributed by atoms with E-state index in [1.54, 1.807) is 6.07 Å². The van der Waals surface area contributed by atoms with E-state index in [-0.39, 0.29) is 6.10 Å². The first kappa shape index (κ1) is 21.9. The molecule has 0 amide bonds. The minimum Gasteiger partial charge on any atom is -0.488 e. The van der Waals surface area contributed by atoms with E-state index in [9.17, 15) is 0 Å². The van der Waals surface area contributed by atoms with Crippen molar-refractivity contribution >= 4 is 34.0 Å². The summed E-state index contributed by atoms with van der Waals surface area (Å²) in [5, 5.41) is 7.15. The van der Waals surface area contributed by atoms with Gasteiger partial charge in [0.05, 0.1) is 6.10 Å². The number of ether oxygens (including phenoxy) is 2. The number of benzene rings is 3. The highest BCUT2D eigenvalue weighted by atomic mass is 35.5. The Morgan fingerprint density at radius 1 is 1.00 bits per heavy atom. The Morgan fingerprint density at radius 2 is 1.83 bits per heavy atom. The first-order valence-corrected chi connectivity index (χ1v) is 10.7. The lowest BCUT2D eigenvalue weighted by Crippen LogP contribution is -2.18. The molecule has 5 heteroatoms. The van der Waals surface area contributed by atoms with Crippen LogP contribution in [0.3, 0.4) is 0 Å². The van der Waals surface area contributed by atoms with Gasteiger partial charge in [-0.2, -0.15) is 0 Å². The van der Waals surface area contributed by atoms with E-state index in [0.717, 1.165) is 43.0 Å². The SMILES string of the molecule is CC(C)OCCCNCc1c(OCc2ccc(Cl)cc2Cl)ccc2ccccc12. The predicted octanol–water partition coefficient (Wildman–Crippen LogP) is 6.63. The number of halogens is 2. The van der Waals surface area contributed by atoms with Crippen LogP contribution in [0.5, 0.6) is 5.75 Å². The third-order valence-electron chi connectivity index (χ3n) is 4.65. The maximum Gasteiger partial charge on any atom is 0.124 e. The fourth-order valence-electron chi connectivity index (χ4n) is 3.16. The Hall–Kier alpha value is -1.78. The summed E-state index contributed by atoms with van der Waals surface area (Å²) in [5.74, 6) is 0.862. The van der Waals surface area contributed by atoms with Crippen molar-refractivity contribution < 1.29 is 9.47 Å². The molecule has 0 aliphatic heterocycles. The Balaban J connectivity index is 1.71. The molecule has 3 rings (SSSR count). The summed E-state index contributed by atoms with van der Waals surface area (Å²) in [6.45, 7) is 6.88. The molecule has 0 saturated heterocycles. The van der Waals surface area contributed by atoms with Crippen LogP contribution in [0.4, 0.5) is 0 Å². The molecular weight excluding hydrogens is 405 g/mol. The van der Waals surface area contributed by atoms with E-state index in [1.165, 1.54) is 10.8 Å². The normalized spacial score (nSPS) is 11.3. The summed E-state index contributed by atoms with van der Waals surface area (Å²) < 4.78 is 11.8. The molecular formula is C24H27Cl2NO2. The molecule has 154 valence electrons. The Morgan fingerprint density at radius 3 is 2.62 bits per heavy atom. The minimum atomic E-state index is 0.271. The van der Waals surface area contributed by atoms with Gasteiger partial charge in [-0.25, -0.2) is 0 Å². The molecule has 3 aromatic rings. The van der Waals surface area contributed by atoms with Gasteiger partial charge < -0.3 is 14.8 Å². The Labute approximate surface area is 182 Å². The summed E-state index contributed by atoms with van der Waals surface area (Å²) in [4.78, 5) is 0. The molecule has 0 fully saturated rings. The van der Waals surface area contributed by atoms with Crippen molar-refractivity contribution in [3.05, 3.63) is 75.8 Å². The van der Waals surface area contributed by atoms with E-state index in [2.05, 4.69) is 49.5 Å². The number of nitrogens with one attached hydrogen (secondary N) is 1. The number of hydrogen-bond acceptors (Lipinski definition) is 3. The average molecular weight is 432 g/mol. The number of hydrogen-bond donors (Lipinski definition) is 1. The van der Waals surface area contributed by atoms with E-state index < -0.39 is 0 Å². The highest BCUT2D eigenvalue weighted by Crippen LogP contribution is 2.30. The summed E-state index contributed by atoms with van der Waals surface area (Å²) >= 11 is 12.3. The second kappa shape index (κ2) is 10.8. The second-order valence-electron chi connectivity index (χ2n) is 7.24. The zero-order chi connectivity index (χ0) is 20.6. The van der Waals surface area contributed by atoms with Gasteiger partial charge in [-0.15, -0.1) is 0 Å². The van der Waals surface area contributed by atoms with Crippen molar-refractivity contribution in [2.75, 3.05) is 13.2 Å². The number of rotatable bonds is 10. The molecule has 0 aliphatic rings. The molecule has 29 heavy (non-hydrogen) atoms. The molecule has 0 aromatic heterocycles. The van der Waals surface area contributed by atoms with Crippen LogP contribution in [0.1, 0.15) is 31.4 Å². The van der Waals surface area contributed by atoms with Gasteiger partial charge in [0.25, 0.3) is 0 Å². The van der Waals surface area contributed by atoms with Crippen molar-refractivity contribution in [1.29, 1.82) is 0 Å². The molecule has 0 bridgehead atoms. The average Bonchev–Trinajstić information content (AvgIpc) is 2.70. The van der Waals surface area contributed by atoms with E-state index in [1.807, 2.05) is 18.2 Å². The standard InChI is InChI=1S/C24H27Cl2NO2/c1-17(2)28-13-5-12-27-15-22-21-7-4-3-6-18(21)9-11-24(22)29-16-19-8-10-20(25)14-23(19)26/h3-4,6-11,14,17,27H,5,12-13,15-16H2,1-2H3. The van der Waals surface area contributed by atoms with Crippen LogP contribution in [0.15, 0.2) is 54.6 Å². The Kier molecular flexibility index (Phi) is 8.19. The fraction of sp³-hybridized carbons (Fsp3) is 0.333. The van der Waals surface area contributed by atoms with Crippen LogP contribution in [0.25, 0.3) is 10.8 Å². The van der Waals surface area contributed by atoms with Crippen molar-refractivity contribution in [1.82, 2.24) is 5.32 Å². The molecule has 0 spiro atoms. The van der Waals surface area contributed by atoms with Gasteiger partial charge in [-0.1, -0.05) is 59.6 Å². The summed E-state index contributed by atoms with van der Waals surface area (Å²) in [6, 6.07) is 18.0. The van der Waals surface area contributed by atoms with Gasteiger partial charge >= 0.3 is 0 Å². The second-order valence-corrected chi connectivity index (χ2v) is 8.08. The molecule has 3 nitrogen and oxygen atoms in total.